The second kappa shape index (κ2) is 11.1. The minimum atomic E-state index is -4.14. The molecule has 178 valence electrons. The van der Waals surface area contributed by atoms with Crippen molar-refractivity contribution in [2.24, 2.45) is 0 Å². The average molecular weight is 551 g/mol. The van der Waals surface area contributed by atoms with Gasteiger partial charge in [0.05, 0.1) is 17.2 Å². The van der Waals surface area contributed by atoms with Crippen LogP contribution in [0.4, 0.5) is 10.1 Å². The minimum absolute atomic E-state index is 0.0980. The van der Waals surface area contributed by atoms with Crippen molar-refractivity contribution in [2.75, 3.05) is 17.9 Å². The quantitative estimate of drug-likeness (QED) is 0.380. The van der Waals surface area contributed by atoms with E-state index in [1.165, 1.54) is 30.3 Å². The zero-order valence-electron chi connectivity index (χ0n) is 17.9. The first-order valence-corrected chi connectivity index (χ1v) is 12.2. The summed E-state index contributed by atoms with van der Waals surface area (Å²) in [7, 11) is -4.14. The molecular formula is C23H20BrFN2O6S. The summed E-state index contributed by atoms with van der Waals surface area (Å²) in [4.78, 5) is 23.3. The van der Waals surface area contributed by atoms with Crippen LogP contribution in [-0.4, -0.2) is 33.4 Å². The third-order valence-electron chi connectivity index (χ3n) is 4.35. The number of hydrogen-bond acceptors (Lipinski definition) is 6. The highest BCUT2D eigenvalue weighted by atomic mass is 79.9. The molecule has 11 heteroatoms. The molecule has 8 nitrogen and oxygen atoms in total. The Morgan fingerprint density at radius 2 is 1.68 bits per heavy atom. The summed E-state index contributed by atoms with van der Waals surface area (Å²) in [5.41, 5.74) is 0.0486. The Morgan fingerprint density at radius 1 is 1.00 bits per heavy atom. The largest absolute Gasteiger partial charge is 0.465 e. The number of hydrogen-bond donors (Lipinski definition) is 2. The SMILES string of the molecule is CCOC(=O)CNC(=O)c1ccc(S(=O)(=O)Nc2cc(F)ccc2Oc2ccc(Br)cc2)cc1. The summed E-state index contributed by atoms with van der Waals surface area (Å²) in [5.74, 6) is -1.29. The van der Waals surface area contributed by atoms with E-state index >= 15 is 0 Å². The number of ether oxygens (including phenoxy) is 2. The molecule has 0 fully saturated rings. The second-order valence-corrected chi connectivity index (χ2v) is 9.41. The van der Waals surface area contributed by atoms with Crippen LogP contribution in [0.15, 0.2) is 76.1 Å². The van der Waals surface area contributed by atoms with Gasteiger partial charge < -0.3 is 14.8 Å². The number of sulfonamides is 1. The molecule has 0 heterocycles. The second-order valence-electron chi connectivity index (χ2n) is 6.81. The molecule has 3 aromatic carbocycles. The Labute approximate surface area is 204 Å². The van der Waals surface area contributed by atoms with E-state index in [9.17, 15) is 22.4 Å². The predicted molar refractivity (Wildman–Crippen MR) is 127 cm³/mol. The van der Waals surface area contributed by atoms with Crippen LogP contribution in [0.2, 0.25) is 0 Å². The lowest BCUT2D eigenvalue weighted by Gasteiger charge is -2.14. The molecule has 0 saturated heterocycles. The van der Waals surface area contributed by atoms with Crippen molar-refractivity contribution in [1.82, 2.24) is 5.32 Å². The van der Waals surface area contributed by atoms with Crippen LogP contribution in [-0.2, 0) is 19.6 Å². The van der Waals surface area contributed by atoms with Crippen molar-refractivity contribution in [3.63, 3.8) is 0 Å². The molecule has 3 rings (SSSR count). The number of carbonyl (C=O) groups is 2. The first-order chi connectivity index (χ1) is 16.2. The van der Waals surface area contributed by atoms with Gasteiger partial charge in [-0.25, -0.2) is 12.8 Å². The zero-order valence-corrected chi connectivity index (χ0v) is 20.3. The predicted octanol–water partition coefficient (Wildman–Crippen LogP) is 4.47. The van der Waals surface area contributed by atoms with Crippen molar-refractivity contribution in [1.29, 1.82) is 0 Å². The van der Waals surface area contributed by atoms with Crippen LogP contribution in [0, 0.1) is 5.82 Å². The Kier molecular flexibility index (Phi) is 8.24. The average Bonchev–Trinajstić information content (AvgIpc) is 2.81. The third-order valence-corrected chi connectivity index (χ3v) is 6.26. The molecule has 2 N–H and O–H groups in total. The summed E-state index contributed by atoms with van der Waals surface area (Å²) in [5, 5.41) is 2.38. The van der Waals surface area contributed by atoms with E-state index in [0.29, 0.717) is 5.75 Å². The van der Waals surface area contributed by atoms with Crippen molar-refractivity contribution < 1.29 is 31.9 Å². The molecule has 0 unspecified atom stereocenters. The van der Waals surface area contributed by atoms with Gasteiger partial charge in [-0.3, -0.25) is 14.3 Å². The van der Waals surface area contributed by atoms with Gasteiger partial charge in [-0.15, -0.1) is 0 Å². The molecule has 0 atom stereocenters. The van der Waals surface area contributed by atoms with E-state index in [4.69, 9.17) is 9.47 Å². The zero-order chi connectivity index (χ0) is 24.7. The molecule has 0 bridgehead atoms. The highest BCUT2D eigenvalue weighted by molar-refractivity contribution is 9.10. The van der Waals surface area contributed by atoms with E-state index in [2.05, 4.69) is 26.0 Å². The first-order valence-electron chi connectivity index (χ1n) is 9.97. The number of rotatable bonds is 9. The molecule has 34 heavy (non-hydrogen) atoms. The van der Waals surface area contributed by atoms with Gasteiger partial charge in [0.25, 0.3) is 15.9 Å². The van der Waals surface area contributed by atoms with Crippen molar-refractivity contribution in [2.45, 2.75) is 11.8 Å². The van der Waals surface area contributed by atoms with Gasteiger partial charge in [0, 0.05) is 16.1 Å². The number of amides is 1. The standard InChI is InChI=1S/C23H20BrFN2O6S/c1-2-32-22(28)14-26-23(29)15-3-10-19(11-4-15)34(30,31)27-20-13-17(25)7-12-21(20)33-18-8-5-16(24)6-9-18/h3-13,27H,2,14H2,1H3,(H,26,29). The number of halogens is 2. The van der Waals surface area contributed by atoms with Gasteiger partial charge in [0.15, 0.2) is 5.75 Å². The summed E-state index contributed by atoms with van der Waals surface area (Å²) >= 11 is 3.31. The monoisotopic (exact) mass is 550 g/mol. The fourth-order valence-corrected chi connectivity index (χ4v) is 4.08. The van der Waals surface area contributed by atoms with E-state index < -0.39 is 27.7 Å². The van der Waals surface area contributed by atoms with Crippen LogP contribution in [0.5, 0.6) is 11.5 Å². The molecule has 0 aliphatic heterocycles. The Morgan fingerprint density at radius 3 is 2.32 bits per heavy atom. The molecule has 3 aromatic rings. The summed E-state index contributed by atoms with van der Waals surface area (Å²) in [6.45, 7) is 1.52. The highest BCUT2D eigenvalue weighted by Gasteiger charge is 2.19. The van der Waals surface area contributed by atoms with Crippen molar-refractivity contribution in [3.8, 4) is 11.5 Å². The smallest absolute Gasteiger partial charge is 0.325 e. The van der Waals surface area contributed by atoms with E-state index in [-0.39, 0.29) is 35.0 Å². The fourth-order valence-electron chi connectivity index (χ4n) is 2.76. The van der Waals surface area contributed by atoms with E-state index in [1.54, 1.807) is 31.2 Å². The Hall–Kier alpha value is -3.44. The number of benzene rings is 3. The summed E-state index contributed by atoms with van der Waals surface area (Å²) < 4.78 is 53.2. The number of carbonyl (C=O) groups excluding carboxylic acids is 2. The molecule has 0 aromatic heterocycles. The van der Waals surface area contributed by atoms with Crippen molar-refractivity contribution >= 4 is 43.5 Å². The van der Waals surface area contributed by atoms with Gasteiger partial charge >= 0.3 is 5.97 Å². The van der Waals surface area contributed by atoms with Crippen LogP contribution in [0.3, 0.4) is 0 Å². The molecular weight excluding hydrogens is 531 g/mol. The normalized spacial score (nSPS) is 10.9. The molecule has 0 aliphatic carbocycles. The first kappa shape index (κ1) is 25.2. The van der Waals surface area contributed by atoms with Crippen LogP contribution in [0.1, 0.15) is 17.3 Å². The Balaban J connectivity index is 1.75. The van der Waals surface area contributed by atoms with Gasteiger partial charge in [-0.2, -0.15) is 0 Å². The maximum atomic E-state index is 13.9. The van der Waals surface area contributed by atoms with Gasteiger partial charge in [0.2, 0.25) is 0 Å². The van der Waals surface area contributed by atoms with Crippen LogP contribution < -0.4 is 14.8 Å². The van der Waals surface area contributed by atoms with Gasteiger partial charge in [0.1, 0.15) is 18.1 Å². The highest BCUT2D eigenvalue weighted by Crippen LogP contribution is 2.32. The van der Waals surface area contributed by atoms with E-state index in [1.807, 2.05) is 0 Å². The minimum Gasteiger partial charge on any atom is -0.465 e. The molecule has 0 saturated carbocycles. The maximum Gasteiger partial charge on any atom is 0.325 e. The lowest BCUT2D eigenvalue weighted by atomic mass is 10.2. The molecule has 1 amide bonds. The summed E-state index contributed by atoms with van der Waals surface area (Å²) in [6.07, 6.45) is 0. The lowest BCUT2D eigenvalue weighted by molar-refractivity contribution is -0.141. The van der Waals surface area contributed by atoms with Gasteiger partial charge in [-0.1, -0.05) is 15.9 Å². The number of anilines is 1. The topological polar surface area (TPSA) is 111 Å². The van der Waals surface area contributed by atoms with E-state index in [0.717, 1.165) is 16.6 Å². The van der Waals surface area contributed by atoms with Crippen LogP contribution in [0.25, 0.3) is 0 Å². The number of esters is 1. The molecule has 0 spiro atoms. The van der Waals surface area contributed by atoms with Crippen LogP contribution >= 0.6 is 15.9 Å². The lowest BCUT2D eigenvalue weighted by Crippen LogP contribution is -2.30. The summed E-state index contributed by atoms with van der Waals surface area (Å²) in [6, 6.07) is 15.3. The number of nitrogens with one attached hydrogen (secondary N) is 2. The molecule has 0 aliphatic rings. The third kappa shape index (κ3) is 6.78. The Bertz CT molecular complexity index is 1280. The van der Waals surface area contributed by atoms with Gasteiger partial charge in [-0.05, 0) is 67.6 Å². The van der Waals surface area contributed by atoms with Crippen molar-refractivity contribution in [3.05, 3.63) is 82.6 Å². The molecule has 0 radical (unpaired) electrons. The maximum absolute atomic E-state index is 13.9. The fraction of sp³-hybridized carbons (Fsp3) is 0.130.